The van der Waals surface area contributed by atoms with Crippen molar-refractivity contribution in [2.75, 3.05) is 14.2 Å². The third kappa shape index (κ3) is 3.70. The predicted octanol–water partition coefficient (Wildman–Crippen LogP) is 1.51. The Morgan fingerprint density at radius 1 is 1.41 bits per heavy atom. The van der Waals surface area contributed by atoms with Crippen LogP contribution in [0.15, 0.2) is 10.5 Å². The Morgan fingerprint density at radius 3 is 2.73 bits per heavy atom. The molecule has 0 saturated heterocycles. The third-order valence-corrected chi connectivity index (χ3v) is 3.07. The second-order valence-electron chi connectivity index (χ2n) is 6.12. The molecule has 0 unspecified atom stereocenters. The maximum atomic E-state index is 12.2. The average molecular weight is 307 g/mol. The fourth-order valence-corrected chi connectivity index (χ4v) is 1.84. The fraction of sp³-hybridized carbons (Fsp3) is 0.571. The van der Waals surface area contributed by atoms with Gasteiger partial charge in [-0.1, -0.05) is 20.8 Å². The monoisotopic (exact) mass is 307 g/mol. The van der Waals surface area contributed by atoms with Gasteiger partial charge in [0.1, 0.15) is 6.61 Å². The lowest BCUT2D eigenvalue weighted by Gasteiger charge is -2.14. The molecule has 2 rings (SSSR count). The van der Waals surface area contributed by atoms with Gasteiger partial charge >= 0.3 is 11.8 Å². The third-order valence-electron chi connectivity index (χ3n) is 3.07. The van der Waals surface area contributed by atoms with Crippen molar-refractivity contribution in [1.82, 2.24) is 25.3 Å². The van der Waals surface area contributed by atoms with E-state index in [1.807, 2.05) is 6.07 Å². The number of hydrogen-bond donors (Lipinski definition) is 1. The van der Waals surface area contributed by atoms with Crippen molar-refractivity contribution in [3.8, 4) is 0 Å². The molecule has 0 aliphatic carbocycles. The first-order valence-electron chi connectivity index (χ1n) is 6.93. The molecule has 2 heterocycles. The van der Waals surface area contributed by atoms with Gasteiger partial charge in [0.2, 0.25) is 5.89 Å². The van der Waals surface area contributed by atoms with Crippen LogP contribution in [-0.4, -0.2) is 45.4 Å². The predicted molar refractivity (Wildman–Crippen MR) is 78.1 cm³/mol. The molecule has 0 saturated carbocycles. The van der Waals surface area contributed by atoms with Gasteiger partial charge in [0.15, 0.2) is 0 Å². The Bertz CT molecular complexity index is 641. The minimum Gasteiger partial charge on any atom is -0.414 e. The molecule has 0 fully saturated rings. The van der Waals surface area contributed by atoms with E-state index in [1.165, 1.54) is 12.0 Å². The summed E-state index contributed by atoms with van der Waals surface area (Å²) in [5.41, 5.74) is 1.75. The van der Waals surface area contributed by atoms with Crippen molar-refractivity contribution in [2.45, 2.75) is 39.3 Å². The standard InChI is InChI=1S/C14H21N5O3/c1-14(2,3)10-6-9(15-16-10)7-19(4)13(20)12-18-17-11(22-12)8-21-5/h6H,7-8H2,1-5H3,(H,15,16). The molecule has 120 valence electrons. The number of nitrogens with zero attached hydrogens (tertiary/aromatic N) is 4. The van der Waals surface area contributed by atoms with Gasteiger partial charge in [-0.3, -0.25) is 9.89 Å². The number of aromatic amines is 1. The molecule has 0 atom stereocenters. The number of hydrogen-bond acceptors (Lipinski definition) is 6. The largest absolute Gasteiger partial charge is 0.414 e. The average Bonchev–Trinajstić information content (AvgIpc) is 3.07. The molecule has 22 heavy (non-hydrogen) atoms. The summed E-state index contributed by atoms with van der Waals surface area (Å²) in [5, 5.41) is 14.7. The van der Waals surface area contributed by atoms with Crippen LogP contribution in [0.1, 0.15) is 48.7 Å². The van der Waals surface area contributed by atoms with Crippen LogP contribution in [-0.2, 0) is 23.3 Å². The zero-order chi connectivity index (χ0) is 16.3. The summed E-state index contributed by atoms with van der Waals surface area (Å²) in [5.74, 6) is -0.123. The van der Waals surface area contributed by atoms with Crippen molar-refractivity contribution < 1.29 is 13.9 Å². The quantitative estimate of drug-likeness (QED) is 0.899. The first kappa shape index (κ1) is 16.2. The van der Waals surface area contributed by atoms with Crippen molar-refractivity contribution in [3.05, 3.63) is 29.2 Å². The Balaban J connectivity index is 2.03. The van der Waals surface area contributed by atoms with Crippen molar-refractivity contribution in [1.29, 1.82) is 0 Å². The zero-order valence-electron chi connectivity index (χ0n) is 13.5. The van der Waals surface area contributed by atoms with Crippen LogP contribution in [0.25, 0.3) is 0 Å². The first-order chi connectivity index (χ1) is 10.3. The minimum absolute atomic E-state index is 0.0428. The Hall–Kier alpha value is -2.22. The van der Waals surface area contributed by atoms with E-state index < -0.39 is 0 Å². The minimum atomic E-state index is -0.346. The second kappa shape index (κ2) is 6.27. The number of rotatable bonds is 5. The van der Waals surface area contributed by atoms with Gasteiger partial charge < -0.3 is 14.1 Å². The van der Waals surface area contributed by atoms with Crippen LogP contribution in [0.2, 0.25) is 0 Å². The number of nitrogens with one attached hydrogen (secondary N) is 1. The van der Waals surface area contributed by atoms with Gasteiger partial charge in [-0.25, -0.2) is 0 Å². The number of carbonyl (C=O) groups is 1. The van der Waals surface area contributed by atoms with E-state index in [4.69, 9.17) is 9.15 Å². The highest BCUT2D eigenvalue weighted by atomic mass is 16.5. The fourth-order valence-electron chi connectivity index (χ4n) is 1.84. The first-order valence-corrected chi connectivity index (χ1v) is 6.93. The molecule has 0 radical (unpaired) electrons. The van der Waals surface area contributed by atoms with Crippen molar-refractivity contribution in [3.63, 3.8) is 0 Å². The molecule has 2 aromatic heterocycles. The molecule has 0 bridgehead atoms. The van der Waals surface area contributed by atoms with Gasteiger partial charge in [-0.2, -0.15) is 5.10 Å². The van der Waals surface area contributed by atoms with E-state index in [0.717, 1.165) is 11.4 Å². The SMILES string of the molecule is COCc1nnc(C(=O)N(C)Cc2cc(C(C)(C)C)n[nH]2)o1. The molecule has 0 aliphatic heterocycles. The summed E-state index contributed by atoms with van der Waals surface area (Å²) in [7, 11) is 3.18. The van der Waals surface area contributed by atoms with Crippen LogP contribution in [0, 0.1) is 0 Å². The van der Waals surface area contributed by atoms with E-state index in [0.29, 0.717) is 6.54 Å². The Labute approximate surface area is 128 Å². The number of H-pyrrole nitrogens is 1. The van der Waals surface area contributed by atoms with E-state index >= 15 is 0 Å². The Morgan fingerprint density at radius 2 is 2.14 bits per heavy atom. The lowest BCUT2D eigenvalue weighted by molar-refractivity contribution is 0.0736. The van der Waals surface area contributed by atoms with Crippen LogP contribution in [0.5, 0.6) is 0 Å². The highest BCUT2D eigenvalue weighted by Gasteiger charge is 2.21. The lowest BCUT2D eigenvalue weighted by Crippen LogP contribution is -2.26. The topological polar surface area (TPSA) is 97.1 Å². The van der Waals surface area contributed by atoms with Crippen molar-refractivity contribution >= 4 is 5.91 Å². The molecule has 1 amide bonds. The molecule has 0 aliphatic rings. The highest BCUT2D eigenvalue weighted by Crippen LogP contribution is 2.20. The number of carbonyl (C=O) groups excluding carboxylic acids is 1. The van der Waals surface area contributed by atoms with E-state index in [2.05, 4.69) is 41.2 Å². The normalized spacial score (nSPS) is 11.7. The number of methoxy groups -OCH3 is 1. The highest BCUT2D eigenvalue weighted by molar-refractivity contribution is 5.89. The lowest BCUT2D eigenvalue weighted by atomic mass is 9.92. The number of ether oxygens (including phenoxy) is 1. The maximum Gasteiger partial charge on any atom is 0.311 e. The summed E-state index contributed by atoms with van der Waals surface area (Å²) in [6, 6.07) is 1.95. The van der Waals surface area contributed by atoms with E-state index in [9.17, 15) is 4.79 Å². The van der Waals surface area contributed by atoms with Gasteiger partial charge in [0.25, 0.3) is 0 Å². The van der Waals surface area contributed by atoms with Crippen molar-refractivity contribution in [2.24, 2.45) is 0 Å². The molecular weight excluding hydrogens is 286 g/mol. The maximum absolute atomic E-state index is 12.2. The molecular formula is C14H21N5O3. The van der Waals surface area contributed by atoms with Gasteiger partial charge in [-0.15, -0.1) is 10.2 Å². The number of amides is 1. The molecule has 1 N–H and O–H groups in total. The summed E-state index contributed by atoms with van der Waals surface area (Å²) in [6.45, 7) is 6.80. The zero-order valence-corrected chi connectivity index (χ0v) is 13.5. The molecule has 0 aromatic carbocycles. The second-order valence-corrected chi connectivity index (χ2v) is 6.12. The summed E-state index contributed by atoms with van der Waals surface area (Å²) in [6.07, 6.45) is 0. The summed E-state index contributed by atoms with van der Waals surface area (Å²) in [4.78, 5) is 13.7. The molecule has 8 heteroatoms. The number of aromatic nitrogens is 4. The summed E-state index contributed by atoms with van der Waals surface area (Å²) < 4.78 is 10.1. The van der Waals surface area contributed by atoms with E-state index in [-0.39, 0.29) is 29.7 Å². The van der Waals surface area contributed by atoms with Crippen LogP contribution in [0.4, 0.5) is 0 Å². The van der Waals surface area contributed by atoms with Gasteiger partial charge in [-0.05, 0) is 6.07 Å². The summed E-state index contributed by atoms with van der Waals surface area (Å²) >= 11 is 0. The van der Waals surface area contributed by atoms with Gasteiger partial charge in [0.05, 0.1) is 17.9 Å². The molecule has 8 nitrogen and oxygen atoms in total. The van der Waals surface area contributed by atoms with Crippen LogP contribution >= 0.6 is 0 Å². The molecule has 0 spiro atoms. The smallest absolute Gasteiger partial charge is 0.311 e. The van der Waals surface area contributed by atoms with Crippen LogP contribution in [0.3, 0.4) is 0 Å². The molecule has 2 aromatic rings. The van der Waals surface area contributed by atoms with Gasteiger partial charge in [0, 0.05) is 19.6 Å². The van der Waals surface area contributed by atoms with E-state index in [1.54, 1.807) is 7.05 Å². The van der Waals surface area contributed by atoms with Crippen LogP contribution < -0.4 is 0 Å². The Kier molecular flexibility index (Phi) is 4.60.